The Morgan fingerprint density at radius 1 is 1.26 bits per heavy atom. The highest BCUT2D eigenvalue weighted by molar-refractivity contribution is 5.56. The van der Waals surface area contributed by atoms with E-state index in [0.717, 1.165) is 22.6 Å². The highest BCUT2D eigenvalue weighted by Crippen LogP contribution is 2.15. The molecule has 0 bridgehead atoms. The van der Waals surface area contributed by atoms with Gasteiger partial charge >= 0.3 is 0 Å². The minimum atomic E-state index is 0.712. The second kappa shape index (κ2) is 4.68. The third-order valence-corrected chi connectivity index (χ3v) is 3.02. The van der Waals surface area contributed by atoms with Gasteiger partial charge in [0.05, 0.1) is 29.8 Å². The van der Waals surface area contributed by atoms with Crippen molar-refractivity contribution < 1.29 is 0 Å². The summed E-state index contributed by atoms with van der Waals surface area (Å²) in [7, 11) is 1.95. The molecular formula is C14H15N5. The molecule has 3 aromatic heterocycles. The first-order valence-electron chi connectivity index (χ1n) is 6.16. The van der Waals surface area contributed by atoms with Crippen LogP contribution in [0.4, 0.5) is 0 Å². The van der Waals surface area contributed by atoms with Gasteiger partial charge in [0, 0.05) is 25.0 Å². The van der Waals surface area contributed by atoms with E-state index in [9.17, 15) is 0 Å². The summed E-state index contributed by atoms with van der Waals surface area (Å²) in [5, 5.41) is 8.71. The van der Waals surface area contributed by atoms with Crippen LogP contribution in [0.2, 0.25) is 0 Å². The first kappa shape index (κ1) is 11.6. The van der Waals surface area contributed by atoms with Gasteiger partial charge < -0.3 is 0 Å². The van der Waals surface area contributed by atoms with Gasteiger partial charge in [0.2, 0.25) is 0 Å². The van der Waals surface area contributed by atoms with E-state index < -0.39 is 0 Å². The second-order valence-electron chi connectivity index (χ2n) is 4.54. The van der Waals surface area contributed by atoms with E-state index in [2.05, 4.69) is 21.2 Å². The summed E-state index contributed by atoms with van der Waals surface area (Å²) < 4.78 is 3.79. The van der Waals surface area contributed by atoms with Crippen LogP contribution in [0.25, 0.3) is 11.3 Å². The third kappa shape index (κ3) is 2.40. The lowest BCUT2D eigenvalue weighted by Crippen LogP contribution is -2.05. The Labute approximate surface area is 111 Å². The van der Waals surface area contributed by atoms with Crippen molar-refractivity contribution in [3.63, 3.8) is 0 Å². The summed E-state index contributed by atoms with van der Waals surface area (Å²) in [6.07, 6.45) is 5.63. The van der Waals surface area contributed by atoms with Gasteiger partial charge in [-0.15, -0.1) is 0 Å². The molecule has 0 spiro atoms. The standard InChI is InChI=1S/C14H15N5/c1-11-7-13(18(2)17-11)10-19-9-12(8-16-19)14-5-3-4-6-15-14/h3-9H,10H2,1-2H3. The molecule has 0 fully saturated rings. The predicted molar refractivity (Wildman–Crippen MR) is 72.5 cm³/mol. The number of aromatic nitrogens is 5. The van der Waals surface area contributed by atoms with Crippen molar-refractivity contribution in [1.29, 1.82) is 0 Å². The summed E-state index contributed by atoms with van der Waals surface area (Å²) in [6, 6.07) is 7.94. The summed E-state index contributed by atoms with van der Waals surface area (Å²) >= 11 is 0. The monoisotopic (exact) mass is 253 g/mol. The molecule has 5 heteroatoms. The van der Waals surface area contributed by atoms with Crippen LogP contribution < -0.4 is 0 Å². The molecule has 0 radical (unpaired) electrons. The Kier molecular flexibility index (Phi) is 2.87. The molecule has 5 nitrogen and oxygen atoms in total. The van der Waals surface area contributed by atoms with Crippen LogP contribution in [0.5, 0.6) is 0 Å². The van der Waals surface area contributed by atoms with Crippen molar-refractivity contribution in [1.82, 2.24) is 24.5 Å². The first-order valence-corrected chi connectivity index (χ1v) is 6.16. The first-order chi connectivity index (χ1) is 9.22. The van der Waals surface area contributed by atoms with Crippen LogP contribution in [0.15, 0.2) is 42.9 Å². The average Bonchev–Trinajstić information content (AvgIpc) is 2.99. The molecule has 3 heterocycles. The lowest BCUT2D eigenvalue weighted by atomic mass is 10.2. The van der Waals surface area contributed by atoms with E-state index in [1.807, 2.05) is 53.9 Å². The Morgan fingerprint density at radius 3 is 2.84 bits per heavy atom. The zero-order chi connectivity index (χ0) is 13.2. The number of hydrogen-bond acceptors (Lipinski definition) is 3. The zero-order valence-corrected chi connectivity index (χ0v) is 11.0. The molecule has 0 unspecified atom stereocenters. The van der Waals surface area contributed by atoms with Crippen LogP contribution in [-0.2, 0) is 13.6 Å². The summed E-state index contributed by atoms with van der Waals surface area (Å²) in [6.45, 7) is 2.70. The van der Waals surface area contributed by atoms with E-state index in [1.54, 1.807) is 6.20 Å². The molecule has 0 aliphatic rings. The molecule has 0 aliphatic heterocycles. The Morgan fingerprint density at radius 2 is 2.16 bits per heavy atom. The molecule has 0 aromatic carbocycles. The van der Waals surface area contributed by atoms with Crippen molar-refractivity contribution >= 4 is 0 Å². The number of pyridine rings is 1. The van der Waals surface area contributed by atoms with Gasteiger partial charge in [-0.25, -0.2) is 0 Å². The highest BCUT2D eigenvalue weighted by atomic mass is 15.3. The van der Waals surface area contributed by atoms with Crippen LogP contribution in [-0.4, -0.2) is 24.5 Å². The summed E-state index contributed by atoms with van der Waals surface area (Å²) in [4.78, 5) is 4.32. The molecule has 19 heavy (non-hydrogen) atoms. The largest absolute Gasteiger partial charge is 0.270 e. The normalized spacial score (nSPS) is 10.8. The quantitative estimate of drug-likeness (QED) is 0.717. The lowest BCUT2D eigenvalue weighted by molar-refractivity contribution is 0.619. The molecule has 3 rings (SSSR count). The van der Waals surface area contributed by atoms with Gasteiger partial charge in [0.25, 0.3) is 0 Å². The van der Waals surface area contributed by atoms with Crippen molar-refractivity contribution in [3.8, 4) is 11.3 Å². The van der Waals surface area contributed by atoms with Crippen molar-refractivity contribution in [2.75, 3.05) is 0 Å². The van der Waals surface area contributed by atoms with Crippen LogP contribution in [0.1, 0.15) is 11.4 Å². The number of rotatable bonds is 3. The Balaban J connectivity index is 1.84. The molecule has 0 amide bonds. The number of nitrogens with zero attached hydrogens (tertiary/aromatic N) is 5. The predicted octanol–water partition coefficient (Wildman–Crippen LogP) is 2.04. The van der Waals surface area contributed by atoms with Crippen molar-refractivity contribution in [3.05, 3.63) is 54.2 Å². The minimum absolute atomic E-state index is 0.712. The molecule has 96 valence electrons. The van der Waals surface area contributed by atoms with Crippen LogP contribution in [0, 0.1) is 6.92 Å². The molecule has 0 saturated carbocycles. The molecular weight excluding hydrogens is 238 g/mol. The van der Waals surface area contributed by atoms with E-state index in [-0.39, 0.29) is 0 Å². The molecule has 0 saturated heterocycles. The molecule has 3 aromatic rings. The lowest BCUT2D eigenvalue weighted by Gasteiger charge is -2.01. The third-order valence-electron chi connectivity index (χ3n) is 3.02. The fourth-order valence-corrected chi connectivity index (χ4v) is 2.09. The fraction of sp³-hybridized carbons (Fsp3) is 0.214. The molecule has 0 aliphatic carbocycles. The maximum absolute atomic E-state index is 4.37. The summed E-state index contributed by atoms with van der Waals surface area (Å²) in [5.74, 6) is 0. The maximum atomic E-state index is 4.37. The van der Waals surface area contributed by atoms with Crippen molar-refractivity contribution in [2.24, 2.45) is 7.05 Å². The van der Waals surface area contributed by atoms with Gasteiger partial charge in [-0.1, -0.05) is 6.07 Å². The maximum Gasteiger partial charge on any atom is 0.0828 e. The van der Waals surface area contributed by atoms with Crippen LogP contribution in [0.3, 0.4) is 0 Å². The smallest absolute Gasteiger partial charge is 0.0828 e. The van der Waals surface area contributed by atoms with Gasteiger partial charge in [-0.3, -0.25) is 14.3 Å². The molecule has 0 N–H and O–H groups in total. The minimum Gasteiger partial charge on any atom is -0.270 e. The van der Waals surface area contributed by atoms with E-state index in [4.69, 9.17) is 0 Å². The topological polar surface area (TPSA) is 48.5 Å². The summed E-state index contributed by atoms with van der Waals surface area (Å²) in [5.41, 5.74) is 4.12. The Bertz CT molecular complexity index is 681. The van der Waals surface area contributed by atoms with Crippen molar-refractivity contribution in [2.45, 2.75) is 13.5 Å². The zero-order valence-electron chi connectivity index (χ0n) is 11.0. The second-order valence-corrected chi connectivity index (χ2v) is 4.54. The van der Waals surface area contributed by atoms with E-state index in [0.29, 0.717) is 6.54 Å². The number of aryl methyl sites for hydroxylation is 2. The fourth-order valence-electron chi connectivity index (χ4n) is 2.09. The number of hydrogen-bond donors (Lipinski definition) is 0. The van der Waals surface area contributed by atoms with Gasteiger partial charge in [0.15, 0.2) is 0 Å². The Hall–Kier alpha value is -2.43. The van der Waals surface area contributed by atoms with Gasteiger partial charge in [-0.2, -0.15) is 10.2 Å². The molecule has 0 atom stereocenters. The van der Waals surface area contributed by atoms with Gasteiger partial charge in [-0.05, 0) is 25.1 Å². The van der Waals surface area contributed by atoms with E-state index in [1.165, 1.54) is 0 Å². The van der Waals surface area contributed by atoms with E-state index >= 15 is 0 Å². The average molecular weight is 253 g/mol. The van der Waals surface area contributed by atoms with Gasteiger partial charge in [0.1, 0.15) is 0 Å². The highest BCUT2D eigenvalue weighted by Gasteiger charge is 2.06. The van der Waals surface area contributed by atoms with Crippen LogP contribution >= 0.6 is 0 Å². The SMILES string of the molecule is Cc1cc(Cn2cc(-c3ccccn3)cn2)n(C)n1.